The lowest BCUT2D eigenvalue weighted by Gasteiger charge is -2.21. The molecule has 2 aliphatic carbocycles. The molecule has 18 heavy (non-hydrogen) atoms. The van der Waals surface area contributed by atoms with Crippen molar-refractivity contribution in [3.63, 3.8) is 0 Å². The van der Waals surface area contributed by atoms with Crippen LogP contribution in [0.1, 0.15) is 64.2 Å². The molecule has 0 spiro atoms. The van der Waals surface area contributed by atoms with Crippen molar-refractivity contribution in [2.75, 3.05) is 0 Å². The number of hydrogen-bond donors (Lipinski definition) is 1. The van der Waals surface area contributed by atoms with E-state index in [2.05, 4.69) is 5.32 Å². The molecule has 0 unspecified atom stereocenters. The van der Waals surface area contributed by atoms with E-state index in [1.807, 2.05) is 6.20 Å². The normalized spacial score (nSPS) is 23.3. The van der Waals surface area contributed by atoms with Crippen molar-refractivity contribution >= 4 is 16.9 Å². The fraction of sp³-hybridized carbons (Fsp3) is 0.800. The zero-order chi connectivity index (χ0) is 12.6. The highest BCUT2D eigenvalue weighted by Gasteiger charge is 2.16. The zero-order valence-corrected chi connectivity index (χ0v) is 12.0. The third-order valence-electron chi connectivity index (χ3n) is 3.99. The number of carbonyl (C=O) groups is 1. The second-order valence-corrected chi connectivity index (χ2v) is 6.84. The fourth-order valence-corrected chi connectivity index (χ4v) is 3.95. The summed E-state index contributed by atoms with van der Waals surface area (Å²) >= 11 is 1.54. The highest BCUT2D eigenvalue weighted by molar-refractivity contribution is 8.14. The van der Waals surface area contributed by atoms with Gasteiger partial charge in [-0.15, -0.1) is 0 Å². The van der Waals surface area contributed by atoms with Gasteiger partial charge in [0.15, 0.2) is 0 Å². The number of hydrogen-bond acceptors (Lipinski definition) is 3. The van der Waals surface area contributed by atoms with E-state index in [9.17, 15) is 4.79 Å². The molecule has 3 heteroatoms. The molecule has 0 aromatic heterocycles. The van der Waals surface area contributed by atoms with Gasteiger partial charge in [0.2, 0.25) is 5.12 Å². The van der Waals surface area contributed by atoms with Crippen LogP contribution in [-0.4, -0.2) is 16.4 Å². The summed E-state index contributed by atoms with van der Waals surface area (Å²) in [6.07, 6.45) is 16.6. The molecule has 102 valence electrons. The number of thioether (sulfide) groups is 1. The monoisotopic (exact) mass is 267 g/mol. The standard InChI is InChI=1S/C15H25NOS/c17-15(18-14-9-5-2-6-10-14)11-12-16-13-7-3-1-4-8-13/h11-14,16H,1-10H2. The maximum absolute atomic E-state index is 11.8. The van der Waals surface area contributed by atoms with Crippen molar-refractivity contribution < 1.29 is 4.79 Å². The summed E-state index contributed by atoms with van der Waals surface area (Å²) in [7, 11) is 0. The fourth-order valence-electron chi connectivity index (χ4n) is 2.91. The second-order valence-electron chi connectivity index (χ2n) is 5.53. The minimum atomic E-state index is 0.227. The molecule has 0 aliphatic heterocycles. The summed E-state index contributed by atoms with van der Waals surface area (Å²) in [5.41, 5.74) is 0. The van der Waals surface area contributed by atoms with E-state index in [1.54, 1.807) is 17.8 Å². The topological polar surface area (TPSA) is 29.1 Å². The smallest absolute Gasteiger partial charge is 0.213 e. The molecule has 2 rings (SSSR count). The van der Waals surface area contributed by atoms with Crippen molar-refractivity contribution in [3.8, 4) is 0 Å². The van der Waals surface area contributed by atoms with Gasteiger partial charge in [-0.2, -0.15) is 0 Å². The number of rotatable bonds is 4. The van der Waals surface area contributed by atoms with Gasteiger partial charge in [-0.25, -0.2) is 0 Å². The largest absolute Gasteiger partial charge is 0.388 e. The van der Waals surface area contributed by atoms with Gasteiger partial charge >= 0.3 is 0 Å². The first-order valence-electron chi connectivity index (χ1n) is 7.48. The maximum Gasteiger partial charge on any atom is 0.213 e. The van der Waals surface area contributed by atoms with Gasteiger partial charge in [0.25, 0.3) is 0 Å². The summed E-state index contributed by atoms with van der Waals surface area (Å²) in [6.45, 7) is 0. The van der Waals surface area contributed by atoms with Crippen molar-refractivity contribution in [2.45, 2.75) is 75.5 Å². The van der Waals surface area contributed by atoms with Crippen LogP contribution in [0.15, 0.2) is 12.3 Å². The summed E-state index contributed by atoms with van der Waals surface area (Å²) in [4.78, 5) is 11.8. The van der Waals surface area contributed by atoms with Gasteiger partial charge in [0.05, 0.1) is 0 Å². The maximum atomic E-state index is 11.8. The average Bonchev–Trinajstić information content (AvgIpc) is 2.41. The van der Waals surface area contributed by atoms with Crippen LogP contribution in [0.4, 0.5) is 0 Å². The molecule has 2 nitrogen and oxygen atoms in total. The first-order valence-corrected chi connectivity index (χ1v) is 8.36. The van der Waals surface area contributed by atoms with E-state index < -0.39 is 0 Å². The van der Waals surface area contributed by atoms with Gasteiger partial charge in [-0.05, 0) is 25.7 Å². The minimum absolute atomic E-state index is 0.227. The Morgan fingerprint density at radius 2 is 1.56 bits per heavy atom. The van der Waals surface area contributed by atoms with E-state index in [1.165, 1.54) is 64.2 Å². The molecular weight excluding hydrogens is 242 g/mol. The predicted octanol–water partition coefficient (Wildman–Crippen LogP) is 4.01. The summed E-state index contributed by atoms with van der Waals surface area (Å²) < 4.78 is 0. The first-order chi connectivity index (χ1) is 8.84. The molecule has 0 atom stereocenters. The Hall–Kier alpha value is -0.440. The molecular formula is C15H25NOS. The van der Waals surface area contributed by atoms with Crippen molar-refractivity contribution in [2.24, 2.45) is 0 Å². The van der Waals surface area contributed by atoms with E-state index in [4.69, 9.17) is 0 Å². The Kier molecular flexibility index (Phi) is 6.12. The van der Waals surface area contributed by atoms with Crippen LogP contribution in [0.3, 0.4) is 0 Å². The van der Waals surface area contributed by atoms with Crippen LogP contribution >= 0.6 is 11.8 Å². The molecule has 0 heterocycles. The van der Waals surface area contributed by atoms with E-state index in [0.717, 1.165) is 0 Å². The summed E-state index contributed by atoms with van der Waals surface area (Å²) in [5.74, 6) is 0. The predicted molar refractivity (Wildman–Crippen MR) is 78.6 cm³/mol. The van der Waals surface area contributed by atoms with Crippen LogP contribution in [0.5, 0.6) is 0 Å². The van der Waals surface area contributed by atoms with Crippen LogP contribution in [-0.2, 0) is 4.79 Å². The second kappa shape index (κ2) is 7.88. The molecule has 2 saturated carbocycles. The van der Waals surface area contributed by atoms with E-state index in [0.29, 0.717) is 11.3 Å². The SMILES string of the molecule is O=C(C=CNC1CCCCC1)SC1CCCCC1. The highest BCUT2D eigenvalue weighted by Crippen LogP contribution is 2.28. The molecule has 0 radical (unpaired) electrons. The van der Waals surface area contributed by atoms with Gasteiger partial charge < -0.3 is 5.32 Å². The highest BCUT2D eigenvalue weighted by atomic mass is 32.2. The lowest BCUT2D eigenvalue weighted by atomic mass is 9.96. The molecule has 0 amide bonds. The Morgan fingerprint density at radius 3 is 2.22 bits per heavy atom. The average molecular weight is 267 g/mol. The quantitative estimate of drug-likeness (QED) is 0.780. The summed E-state index contributed by atoms with van der Waals surface area (Å²) in [6, 6.07) is 0.600. The Labute approximate surface area is 115 Å². The van der Waals surface area contributed by atoms with Crippen LogP contribution in [0, 0.1) is 0 Å². The molecule has 0 saturated heterocycles. The van der Waals surface area contributed by atoms with Gasteiger partial charge in [0, 0.05) is 23.6 Å². The third kappa shape index (κ3) is 5.05. The molecule has 0 bridgehead atoms. The number of nitrogens with one attached hydrogen (secondary N) is 1. The van der Waals surface area contributed by atoms with Gasteiger partial charge in [-0.3, -0.25) is 4.79 Å². The Bertz CT molecular complexity index is 278. The van der Waals surface area contributed by atoms with Gasteiger partial charge in [-0.1, -0.05) is 50.3 Å². The molecule has 1 N–H and O–H groups in total. The van der Waals surface area contributed by atoms with Crippen molar-refractivity contribution in [1.29, 1.82) is 0 Å². The lowest BCUT2D eigenvalue weighted by molar-refractivity contribution is -0.107. The molecule has 2 fully saturated rings. The third-order valence-corrected chi connectivity index (χ3v) is 5.16. The van der Waals surface area contributed by atoms with E-state index in [-0.39, 0.29) is 5.12 Å². The summed E-state index contributed by atoms with van der Waals surface area (Å²) in [5, 5.41) is 4.18. The van der Waals surface area contributed by atoms with Crippen molar-refractivity contribution in [1.82, 2.24) is 5.32 Å². The van der Waals surface area contributed by atoms with Crippen molar-refractivity contribution in [3.05, 3.63) is 12.3 Å². The minimum Gasteiger partial charge on any atom is -0.388 e. The lowest BCUT2D eigenvalue weighted by Crippen LogP contribution is -2.26. The Balaban J connectivity index is 1.63. The molecule has 0 aromatic carbocycles. The zero-order valence-electron chi connectivity index (χ0n) is 11.2. The molecule has 0 aromatic rings. The van der Waals surface area contributed by atoms with Gasteiger partial charge in [0.1, 0.15) is 0 Å². The van der Waals surface area contributed by atoms with Crippen LogP contribution < -0.4 is 5.32 Å². The van der Waals surface area contributed by atoms with Crippen LogP contribution in [0.25, 0.3) is 0 Å². The van der Waals surface area contributed by atoms with E-state index >= 15 is 0 Å². The molecule has 2 aliphatic rings. The number of carbonyl (C=O) groups excluding carboxylic acids is 1. The van der Waals surface area contributed by atoms with Crippen LogP contribution in [0.2, 0.25) is 0 Å². The first kappa shape index (κ1) is 14.0. The Morgan fingerprint density at radius 1 is 0.944 bits per heavy atom.